The van der Waals surface area contributed by atoms with E-state index < -0.39 is 0 Å². The summed E-state index contributed by atoms with van der Waals surface area (Å²) in [6.07, 6.45) is 3.81. The number of hydrogen-bond acceptors (Lipinski definition) is 6. The summed E-state index contributed by atoms with van der Waals surface area (Å²) in [5.74, 6) is 1.74. The molecule has 2 aromatic rings. The zero-order valence-corrected chi connectivity index (χ0v) is 10.8. The van der Waals surface area contributed by atoms with Crippen LogP contribution in [-0.2, 0) is 13.6 Å². The van der Waals surface area contributed by atoms with Crippen molar-refractivity contribution in [1.29, 1.82) is 0 Å². The standard InChI is InChI=1S/C11H17N7/c1-13-9-4-10(16-11(12)15-9)17(2)6-8-5-14-18(3)7-8/h4-5,7H,6H2,1-3H3,(H3,12,13,15,16). The van der Waals surface area contributed by atoms with Crippen LogP contribution in [0.4, 0.5) is 17.6 Å². The zero-order valence-electron chi connectivity index (χ0n) is 10.8. The molecule has 0 saturated heterocycles. The van der Waals surface area contributed by atoms with E-state index in [0.29, 0.717) is 12.4 Å². The minimum absolute atomic E-state index is 0.259. The number of hydrogen-bond donors (Lipinski definition) is 2. The van der Waals surface area contributed by atoms with Crippen molar-refractivity contribution in [1.82, 2.24) is 19.7 Å². The first kappa shape index (κ1) is 12.2. The van der Waals surface area contributed by atoms with Gasteiger partial charge in [0.1, 0.15) is 11.6 Å². The molecule has 0 amide bonds. The van der Waals surface area contributed by atoms with Crippen molar-refractivity contribution in [3.63, 3.8) is 0 Å². The van der Waals surface area contributed by atoms with Gasteiger partial charge in [0.05, 0.1) is 6.20 Å². The number of aryl methyl sites for hydroxylation is 1. The summed E-state index contributed by atoms with van der Waals surface area (Å²) >= 11 is 0. The van der Waals surface area contributed by atoms with Gasteiger partial charge in [-0.05, 0) is 0 Å². The third-order valence-electron chi connectivity index (χ3n) is 2.56. The van der Waals surface area contributed by atoms with E-state index in [0.717, 1.165) is 11.4 Å². The van der Waals surface area contributed by atoms with E-state index in [1.807, 2.05) is 37.5 Å². The number of nitrogens with two attached hydrogens (primary N) is 1. The minimum Gasteiger partial charge on any atom is -0.373 e. The van der Waals surface area contributed by atoms with Crippen molar-refractivity contribution in [3.05, 3.63) is 24.0 Å². The van der Waals surface area contributed by atoms with Crippen molar-refractivity contribution in [2.45, 2.75) is 6.54 Å². The number of nitrogens with zero attached hydrogens (tertiary/aromatic N) is 5. The molecule has 0 radical (unpaired) electrons. The summed E-state index contributed by atoms with van der Waals surface area (Å²) in [7, 11) is 5.65. The van der Waals surface area contributed by atoms with Crippen LogP contribution in [0.3, 0.4) is 0 Å². The summed E-state index contributed by atoms with van der Waals surface area (Å²) in [4.78, 5) is 10.3. The maximum atomic E-state index is 5.66. The first-order valence-corrected chi connectivity index (χ1v) is 5.59. The van der Waals surface area contributed by atoms with Gasteiger partial charge < -0.3 is 16.0 Å². The molecule has 0 fully saturated rings. The molecule has 0 bridgehead atoms. The van der Waals surface area contributed by atoms with Crippen LogP contribution in [0, 0.1) is 0 Å². The maximum Gasteiger partial charge on any atom is 0.223 e. The Morgan fingerprint density at radius 1 is 1.44 bits per heavy atom. The summed E-state index contributed by atoms with van der Waals surface area (Å²) in [5, 5.41) is 7.09. The highest BCUT2D eigenvalue weighted by atomic mass is 15.3. The van der Waals surface area contributed by atoms with E-state index in [9.17, 15) is 0 Å². The van der Waals surface area contributed by atoms with E-state index in [1.165, 1.54) is 0 Å². The monoisotopic (exact) mass is 247 g/mol. The molecular formula is C11H17N7. The van der Waals surface area contributed by atoms with Crippen LogP contribution in [0.1, 0.15) is 5.56 Å². The molecule has 0 spiro atoms. The third kappa shape index (κ3) is 2.68. The molecular weight excluding hydrogens is 230 g/mol. The molecule has 2 heterocycles. The topological polar surface area (TPSA) is 84.9 Å². The quantitative estimate of drug-likeness (QED) is 0.817. The molecule has 96 valence electrons. The summed E-state index contributed by atoms with van der Waals surface area (Å²) in [6, 6.07) is 1.85. The second kappa shape index (κ2) is 4.91. The molecule has 0 aromatic carbocycles. The maximum absolute atomic E-state index is 5.66. The lowest BCUT2D eigenvalue weighted by Gasteiger charge is -2.18. The van der Waals surface area contributed by atoms with Gasteiger partial charge in [-0.2, -0.15) is 15.1 Å². The van der Waals surface area contributed by atoms with Crippen LogP contribution in [0.2, 0.25) is 0 Å². The fourth-order valence-corrected chi connectivity index (χ4v) is 1.68. The van der Waals surface area contributed by atoms with Gasteiger partial charge in [-0.1, -0.05) is 0 Å². The predicted molar refractivity (Wildman–Crippen MR) is 71.3 cm³/mol. The summed E-state index contributed by atoms with van der Waals surface area (Å²) in [5.41, 5.74) is 6.78. The van der Waals surface area contributed by atoms with Crippen molar-refractivity contribution in [2.75, 3.05) is 30.0 Å². The summed E-state index contributed by atoms with van der Waals surface area (Å²) in [6.45, 7) is 0.716. The van der Waals surface area contributed by atoms with Crippen LogP contribution in [0.5, 0.6) is 0 Å². The van der Waals surface area contributed by atoms with Crippen LogP contribution in [0.25, 0.3) is 0 Å². The van der Waals surface area contributed by atoms with E-state index in [2.05, 4.69) is 20.4 Å². The highest BCUT2D eigenvalue weighted by Gasteiger charge is 2.08. The molecule has 0 aliphatic rings. The van der Waals surface area contributed by atoms with Gasteiger partial charge in [0.2, 0.25) is 5.95 Å². The lowest BCUT2D eigenvalue weighted by molar-refractivity contribution is 0.766. The summed E-state index contributed by atoms with van der Waals surface area (Å²) < 4.78 is 1.77. The molecule has 0 unspecified atom stereocenters. The average Bonchev–Trinajstić information content (AvgIpc) is 2.73. The highest BCUT2D eigenvalue weighted by molar-refractivity contribution is 5.52. The molecule has 0 aliphatic heterocycles. The number of anilines is 3. The van der Waals surface area contributed by atoms with Crippen molar-refractivity contribution in [2.24, 2.45) is 7.05 Å². The predicted octanol–water partition coefficient (Wildman–Crippen LogP) is 0.470. The number of aromatic nitrogens is 4. The molecule has 7 nitrogen and oxygen atoms in total. The Kier molecular flexibility index (Phi) is 3.31. The van der Waals surface area contributed by atoms with Gasteiger partial charge in [0.15, 0.2) is 0 Å². The number of rotatable bonds is 4. The lowest BCUT2D eigenvalue weighted by atomic mass is 10.3. The Bertz CT molecular complexity index is 534. The van der Waals surface area contributed by atoms with Gasteiger partial charge >= 0.3 is 0 Å². The minimum atomic E-state index is 0.259. The Balaban J connectivity index is 2.17. The molecule has 0 atom stereocenters. The second-order valence-corrected chi connectivity index (χ2v) is 4.10. The molecule has 0 saturated carbocycles. The van der Waals surface area contributed by atoms with E-state index in [-0.39, 0.29) is 5.95 Å². The lowest BCUT2D eigenvalue weighted by Crippen LogP contribution is -2.18. The normalized spacial score (nSPS) is 10.4. The molecule has 7 heteroatoms. The largest absolute Gasteiger partial charge is 0.373 e. The number of nitrogens with one attached hydrogen (secondary N) is 1. The van der Waals surface area contributed by atoms with E-state index >= 15 is 0 Å². The Hall–Kier alpha value is -2.31. The van der Waals surface area contributed by atoms with Crippen molar-refractivity contribution < 1.29 is 0 Å². The second-order valence-electron chi connectivity index (χ2n) is 4.10. The van der Waals surface area contributed by atoms with Gasteiger partial charge in [-0.15, -0.1) is 0 Å². The molecule has 2 aromatic heterocycles. The molecule has 18 heavy (non-hydrogen) atoms. The smallest absolute Gasteiger partial charge is 0.223 e. The molecule has 3 N–H and O–H groups in total. The Morgan fingerprint density at radius 2 is 2.22 bits per heavy atom. The molecule has 0 aliphatic carbocycles. The van der Waals surface area contributed by atoms with Crippen LogP contribution >= 0.6 is 0 Å². The molecule has 2 rings (SSSR count). The fourth-order valence-electron chi connectivity index (χ4n) is 1.68. The van der Waals surface area contributed by atoms with Crippen LogP contribution in [-0.4, -0.2) is 33.8 Å². The van der Waals surface area contributed by atoms with Crippen molar-refractivity contribution in [3.8, 4) is 0 Å². The third-order valence-corrected chi connectivity index (χ3v) is 2.56. The highest BCUT2D eigenvalue weighted by Crippen LogP contribution is 2.17. The first-order chi connectivity index (χ1) is 8.58. The van der Waals surface area contributed by atoms with Gasteiger partial charge in [-0.3, -0.25) is 4.68 Å². The van der Waals surface area contributed by atoms with Gasteiger partial charge in [-0.25, -0.2) is 0 Å². The van der Waals surface area contributed by atoms with Gasteiger partial charge in [0, 0.05) is 45.5 Å². The van der Waals surface area contributed by atoms with Crippen LogP contribution in [0.15, 0.2) is 18.5 Å². The van der Waals surface area contributed by atoms with E-state index in [1.54, 1.807) is 11.7 Å². The Labute approximate surface area is 106 Å². The SMILES string of the molecule is CNc1cc(N(C)Cc2cnn(C)c2)nc(N)n1. The number of nitrogen functional groups attached to an aromatic ring is 1. The first-order valence-electron chi connectivity index (χ1n) is 5.59. The van der Waals surface area contributed by atoms with E-state index in [4.69, 9.17) is 5.73 Å². The zero-order chi connectivity index (χ0) is 13.1. The van der Waals surface area contributed by atoms with Gasteiger partial charge in [0.25, 0.3) is 0 Å². The van der Waals surface area contributed by atoms with Crippen molar-refractivity contribution >= 4 is 17.6 Å². The average molecular weight is 247 g/mol. The Morgan fingerprint density at radius 3 is 2.83 bits per heavy atom. The fraction of sp³-hybridized carbons (Fsp3) is 0.364. The van der Waals surface area contributed by atoms with Crippen LogP contribution < -0.4 is 16.0 Å².